The Kier molecular flexibility index (Phi) is 5.11. The Hall–Kier alpha value is -0.990. The Morgan fingerprint density at radius 3 is 2.80 bits per heavy atom. The average Bonchev–Trinajstić information content (AvgIpc) is 2.96. The quantitative estimate of drug-likeness (QED) is 0.500. The monoisotopic (exact) mass is 410 g/mol. The first-order valence-electron chi connectivity index (χ1n) is 8.23. The number of hydrogen-bond donors (Lipinski definition) is 0. The Morgan fingerprint density at radius 1 is 1.32 bits per heavy atom. The van der Waals surface area contributed by atoms with E-state index in [1.807, 2.05) is 10.7 Å². The molecule has 0 saturated heterocycles. The number of rotatable bonds is 7. The van der Waals surface area contributed by atoms with Crippen LogP contribution in [0, 0.1) is 4.77 Å². The minimum absolute atomic E-state index is 0.539. The predicted molar refractivity (Wildman–Crippen MR) is 107 cm³/mol. The van der Waals surface area contributed by atoms with E-state index >= 15 is 0 Å². The molecule has 0 aliphatic heterocycles. The maximum atomic E-state index is 6.03. The molecule has 1 aliphatic rings. The van der Waals surface area contributed by atoms with Crippen molar-refractivity contribution in [3.63, 3.8) is 0 Å². The number of nitrogens with zero attached hydrogens (tertiary/aromatic N) is 4. The summed E-state index contributed by atoms with van der Waals surface area (Å²) in [5.74, 6) is 1.09. The molecule has 8 heteroatoms. The highest BCUT2D eigenvalue weighted by Gasteiger charge is 2.28. The molecule has 0 atom stereocenters. The number of hydrogen-bond acceptors (Lipinski definition) is 5. The highest BCUT2D eigenvalue weighted by Crippen LogP contribution is 2.36. The van der Waals surface area contributed by atoms with E-state index in [1.54, 1.807) is 22.7 Å². The van der Waals surface area contributed by atoms with E-state index < -0.39 is 0 Å². The number of halogens is 1. The van der Waals surface area contributed by atoms with E-state index in [0.717, 1.165) is 27.9 Å². The third-order valence-corrected chi connectivity index (χ3v) is 6.70. The molecular formula is C17H19ClN4S3. The average molecular weight is 411 g/mol. The van der Waals surface area contributed by atoms with Crippen LogP contribution in [0.3, 0.4) is 0 Å². The van der Waals surface area contributed by atoms with Gasteiger partial charge in [0.25, 0.3) is 0 Å². The highest BCUT2D eigenvalue weighted by molar-refractivity contribution is 7.71. The van der Waals surface area contributed by atoms with Crippen LogP contribution in [0.4, 0.5) is 0 Å². The molecule has 4 nitrogen and oxygen atoms in total. The summed E-state index contributed by atoms with van der Waals surface area (Å²) in [7, 11) is 2.09. The molecule has 3 aromatic heterocycles. The molecule has 0 aromatic carbocycles. The van der Waals surface area contributed by atoms with Crippen molar-refractivity contribution in [2.24, 2.45) is 0 Å². The van der Waals surface area contributed by atoms with Gasteiger partial charge in [0, 0.05) is 28.8 Å². The van der Waals surface area contributed by atoms with Crippen LogP contribution < -0.4 is 0 Å². The first-order chi connectivity index (χ1) is 12.1. The minimum Gasteiger partial charge on any atom is -0.301 e. The molecule has 0 unspecified atom stereocenters. The fourth-order valence-corrected chi connectivity index (χ4v) is 5.15. The number of aromatic nitrogens is 3. The summed E-state index contributed by atoms with van der Waals surface area (Å²) in [6.07, 6.45) is 3.27. The molecule has 25 heavy (non-hydrogen) atoms. The molecule has 0 N–H and O–H groups in total. The van der Waals surface area contributed by atoms with Crippen LogP contribution in [0.2, 0.25) is 4.34 Å². The third kappa shape index (κ3) is 4.06. The molecule has 1 aliphatic carbocycles. The van der Waals surface area contributed by atoms with Crippen LogP contribution in [0.5, 0.6) is 0 Å². The van der Waals surface area contributed by atoms with Crippen molar-refractivity contribution in [3.05, 3.63) is 54.3 Å². The van der Waals surface area contributed by atoms with Gasteiger partial charge >= 0.3 is 0 Å². The normalized spacial score (nSPS) is 14.5. The Bertz CT molecular complexity index is 905. The summed E-state index contributed by atoms with van der Waals surface area (Å²) < 4.78 is 5.90. The molecule has 0 bridgehead atoms. The van der Waals surface area contributed by atoms with Gasteiger partial charge in [0.15, 0.2) is 4.77 Å². The van der Waals surface area contributed by atoms with Gasteiger partial charge in [0.2, 0.25) is 0 Å². The smallest absolute Gasteiger partial charge is 0.199 e. The molecular weight excluding hydrogens is 392 g/mol. The maximum absolute atomic E-state index is 6.03. The first kappa shape index (κ1) is 17.4. The van der Waals surface area contributed by atoms with Crippen molar-refractivity contribution < 1.29 is 0 Å². The maximum Gasteiger partial charge on any atom is 0.199 e. The fraction of sp³-hybridized carbons (Fsp3) is 0.412. The second kappa shape index (κ2) is 7.32. The van der Waals surface area contributed by atoms with Gasteiger partial charge in [0.1, 0.15) is 5.82 Å². The Morgan fingerprint density at radius 2 is 2.16 bits per heavy atom. The summed E-state index contributed by atoms with van der Waals surface area (Å²) in [5, 5.41) is 6.96. The van der Waals surface area contributed by atoms with Crippen LogP contribution in [-0.2, 0) is 19.6 Å². The highest BCUT2D eigenvalue weighted by atomic mass is 35.5. The van der Waals surface area contributed by atoms with Crippen LogP contribution in [0.1, 0.15) is 34.5 Å². The zero-order valence-corrected chi connectivity index (χ0v) is 17.1. The second-order valence-corrected chi connectivity index (χ2v) is 9.61. The fourth-order valence-electron chi connectivity index (χ4n) is 2.93. The van der Waals surface area contributed by atoms with E-state index in [4.69, 9.17) is 28.9 Å². The Balaban J connectivity index is 1.54. The van der Waals surface area contributed by atoms with Crippen molar-refractivity contribution in [1.29, 1.82) is 0 Å². The second-order valence-electron chi connectivity index (χ2n) is 6.42. The zero-order chi connectivity index (χ0) is 17.4. The van der Waals surface area contributed by atoms with Crippen LogP contribution in [0.15, 0.2) is 29.6 Å². The van der Waals surface area contributed by atoms with Crippen molar-refractivity contribution in [3.8, 4) is 0 Å². The van der Waals surface area contributed by atoms with Gasteiger partial charge in [-0.2, -0.15) is 5.10 Å². The lowest BCUT2D eigenvalue weighted by molar-refractivity contribution is 0.245. The largest absolute Gasteiger partial charge is 0.301 e. The molecule has 0 spiro atoms. The summed E-state index contributed by atoms with van der Waals surface area (Å²) in [4.78, 5) is 4.80. The van der Waals surface area contributed by atoms with Gasteiger partial charge in [-0.15, -0.1) is 22.7 Å². The van der Waals surface area contributed by atoms with E-state index in [2.05, 4.69) is 40.1 Å². The van der Waals surface area contributed by atoms with Gasteiger partial charge in [-0.05, 0) is 55.7 Å². The van der Waals surface area contributed by atoms with Gasteiger partial charge in [-0.25, -0.2) is 4.68 Å². The van der Waals surface area contributed by atoms with Crippen molar-refractivity contribution in [1.82, 2.24) is 19.2 Å². The Labute approximate surface area is 165 Å². The summed E-state index contributed by atoms with van der Waals surface area (Å²) in [6.45, 7) is 1.53. The van der Waals surface area contributed by atoms with Gasteiger partial charge in [0.05, 0.1) is 11.0 Å². The van der Waals surface area contributed by atoms with Crippen molar-refractivity contribution in [2.75, 3.05) is 7.05 Å². The molecule has 3 heterocycles. The molecule has 3 aromatic rings. The van der Waals surface area contributed by atoms with Gasteiger partial charge in [-0.1, -0.05) is 17.7 Å². The topological polar surface area (TPSA) is 26.0 Å². The lowest BCUT2D eigenvalue weighted by atomic mass is 10.3. The third-order valence-electron chi connectivity index (χ3n) is 4.20. The molecule has 1 saturated carbocycles. The summed E-state index contributed by atoms with van der Waals surface area (Å²) in [5.41, 5.74) is 0. The molecule has 0 amide bonds. The molecule has 132 valence electrons. The van der Waals surface area contributed by atoms with Crippen LogP contribution >= 0.6 is 46.5 Å². The first-order valence-corrected chi connectivity index (χ1v) is 10.7. The molecule has 1 fully saturated rings. The lowest BCUT2D eigenvalue weighted by Gasteiger charge is -2.15. The van der Waals surface area contributed by atoms with E-state index in [0.29, 0.717) is 12.7 Å². The van der Waals surface area contributed by atoms with Gasteiger partial charge in [-0.3, -0.25) is 4.90 Å². The van der Waals surface area contributed by atoms with Gasteiger partial charge < -0.3 is 4.57 Å². The SMILES string of the molecule is CN(Cc1ccc(Cl)s1)Cn1nc(Cc2cccs2)n(C2CC2)c1=S. The van der Waals surface area contributed by atoms with Crippen LogP contribution in [-0.4, -0.2) is 26.3 Å². The molecule has 0 radical (unpaired) electrons. The number of thiophene rings is 2. The standard InChI is InChI=1S/C17H19ClN4S3/c1-20(10-14-6-7-15(18)25-14)11-21-17(23)22(12-4-5-12)16(19-21)9-13-3-2-8-24-13/h2-3,6-8,12H,4-5,9-11H2,1H3. The van der Waals surface area contributed by atoms with Crippen molar-refractivity contribution >= 4 is 46.5 Å². The summed E-state index contributed by atoms with van der Waals surface area (Å²) in [6, 6.07) is 8.82. The predicted octanol–water partition coefficient (Wildman–Crippen LogP) is 5.21. The molecule has 4 rings (SSSR count). The van der Waals surface area contributed by atoms with E-state index in [1.165, 1.54) is 22.6 Å². The summed E-state index contributed by atoms with van der Waals surface area (Å²) >= 11 is 15.2. The van der Waals surface area contributed by atoms with Crippen molar-refractivity contribution in [2.45, 2.75) is 38.5 Å². The zero-order valence-electron chi connectivity index (χ0n) is 13.9. The van der Waals surface area contributed by atoms with E-state index in [9.17, 15) is 0 Å². The van der Waals surface area contributed by atoms with E-state index in [-0.39, 0.29) is 0 Å². The minimum atomic E-state index is 0.539. The lowest BCUT2D eigenvalue weighted by Crippen LogP contribution is -2.22. The van der Waals surface area contributed by atoms with Crippen LogP contribution in [0.25, 0.3) is 0 Å².